The molecule has 0 aliphatic rings. The fourth-order valence-electron chi connectivity index (χ4n) is 3.39. The number of hydrogen-bond donors (Lipinski definition) is 5. The van der Waals surface area contributed by atoms with Crippen molar-refractivity contribution in [1.29, 1.82) is 0 Å². The van der Waals surface area contributed by atoms with Gasteiger partial charge in [-0.05, 0) is 86.5 Å². The number of benzene rings is 2. The minimum absolute atomic E-state index is 0. The maximum Gasteiger partial charge on any atom is 0.257 e. The lowest BCUT2D eigenvalue weighted by Crippen LogP contribution is -2.37. The van der Waals surface area contributed by atoms with Crippen LogP contribution in [0.4, 0.5) is 11.4 Å². The Morgan fingerprint density at radius 2 is 1.40 bits per heavy atom. The Morgan fingerprint density at radius 1 is 0.857 bits per heavy atom. The summed E-state index contributed by atoms with van der Waals surface area (Å²) in [4.78, 5) is 24.6. The van der Waals surface area contributed by atoms with E-state index in [1.54, 1.807) is 36.4 Å². The average Bonchev–Trinajstić information content (AvgIpc) is 2.80. The first-order valence-electron chi connectivity index (χ1n) is 11.6. The van der Waals surface area contributed by atoms with Crippen molar-refractivity contribution in [2.24, 2.45) is 0 Å². The second-order valence-electron chi connectivity index (χ2n) is 9.24. The van der Waals surface area contributed by atoms with Crippen LogP contribution in [0.25, 0.3) is 0 Å². The Labute approximate surface area is 220 Å². The Morgan fingerprint density at radius 3 is 1.91 bits per heavy atom. The molecule has 35 heavy (non-hydrogen) atoms. The predicted octanol–water partition coefficient (Wildman–Crippen LogP) is 4.80. The minimum Gasteiger partial charge on any atom is -0.332 e. The molecule has 2 rings (SSSR count). The lowest BCUT2D eigenvalue weighted by atomic mass is 9.87. The first-order valence-corrected chi connectivity index (χ1v) is 12.0. The van der Waals surface area contributed by atoms with Crippen LogP contribution in [0.3, 0.4) is 0 Å². The minimum atomic E-state index is -0.266. The summed E-state index contributed by atoms with van der Waals surface area (Å²) in [5, 5.41) is 15.2. The molecule has 0 aliphatic heterocycles. The Hall–Kier alpha value is -2.52. The zero-order valence-corrected chi connectivity index (χ0v) is 22.8. The van der Waals surface area contributed by atoms with Crippen LogP contribution < -0.4 is 26.6 Å². The van der Waals surface area contributed by atoms with E-state index in [0.717, 1.165) is 30.5 Å². The molecule has 192 valence electrons. The summed E-state index contributed by atoms with van der Waals surface area (Å²) in [6, 6.07) is 14.7. The van der Waals surface area contributed by atoms with E-state index in [4.69, 9.17) is 12.2 Å². The van der Waals surface area contributed by atoms with E-state index in [-0.39, 0.29) is 40.9 Å². The number of carbonyl (C=O) groups is 2. The monoisotopic (exact) mass is 519 g/mol. The maximum atomic E-state index is 12.5. The van der Waals surface area contributed by atoms with Crippen molar-refractivity contribution in [1.82, 2.24) is 16.0 Å². The third kappa shape index (κ3) is 10.7. The van der Waals surface area contributed by atoms with Crippen LogP contribution in [0.5, 0.6) is 0 Å². The summed E-state index contributed by atoms with van der Waals surface area (Å²) in [5.41, 5.74) is 3.17. The summed E-state index contributed by atoms with van der Waals surface area (Å²) < 4.78 is 0. The summed E-state index contributed by atoms with van der Waals surface area (Å²) in [6.45, 7) is 6.39. The molecule has 5 N–H and O–H groups in total. The summed E-state index contributed by atoms with van der Waals surface area (Å²) in [6.07, 6.45) is 3.52. The van der Waals surface area contributed by atoms with Crippen LogP contribution in [-0.4, -0.2) is 37.2 Å². The van der Waals surface area contributed by atoms with E-state index in [1.165, 1.54) is 0 Å². The van der Waals surface area contributed by atoms with Crippen molar-refractivity contribution in [3.63, 3.8) is 0 Å². The van der Waals surface area contributed by atoms with Gasteiger partial charge in [0.2, 0.25) is 5.91 Å². The van der Waals surface area contributed by atoms with Crippen LogP contribution in [0, 0.1) is 0 Å². The number of rotatable bonds is 10. The molecule has 2 aromatic rings. The molecule has 2 amide bonds. The fourth-order valence-corrected chi connectivity index (χ4v) is 3.60. The highest BCUT2D eigenvalue weighted by Gasteiger charge is 2.15. The highest BCUT2D eigenvalue weighted by molar-refractivity contribution is 7.80. The Bertz CT molecular complexity index is 955. The second kappa shape index (κ2) is 14.8. The molecule has 0 unspecified atom stereocenters. The average molecular weight is 520 g/mol. The molecule has 2 aromatic carbocycles. The predicted molar refractivity (Wildman–Crippen MR) is 152 cm³/mol. The van der Waals surface area contributed by atoms with E-state index in [9.17, 15) is 9.59 Å². The molecule has 0 fully saturated rings. The summed E-state index contributed by atoms with van der Waals surface area (Å²) in [5.74, 6) is -0.274. The van der Waals surface area contributed by atoms with Gasteiger partial charge in [-0.2, -0.15) is 0 Å². The van der Waals surface area contributed by atoms with Crippen LogP contribution in [0.1, 0.15) is 62.4 Å². The number of carbonyl (C=O) groups excluding carboxylic acids is 2. The van der Waals surface area contributed by atoms with Crippen LogP contribution in [0.2, 0.25) is 0 Å². The Kier molecular flexibility index (Phi) is 12.9. The van der Waals surface area contributed by atoms with Gasteiger partial charge in [-0.3, -0.25) is 14.9 Å². The topological polar surface area (TPSA) is 94.3 Å². The number of hydrogen-bond acceptors (Lipinski definition) is 5. The number of halogens is 1. The van der Waals surface area contributed by atoms with Crippen molar-refractivity contribution >= 4 is 52.9 Å². The van der Waals surface area contributed by atoms with Crippen LogP contribution >= 0.6 is 24.6 Å². The van der Waals surface area contributed by atoms with Crippen molar-refractivity contribution in [3.05, 3.63) is 59.7 Å². The third-order valence-electron chi connectivity index (χ3n) is 5.51. The second-order valence-corrected chi connectivity index (χ2v) is 9.65. The molecule has 0 aromatic heterocycles. The van der Waals surface area contributed by atoms with Gasteiger partial charge in [0.25, 0.3) is 5.91 Å². The van der Waals surface area contributed by atoms with Gasteiger partial charge in [0.05, 0.1) is 6.17 Å². The summed E-state index contributed by atoms with van der Waals surface area (Å²) >= 11 is 5.27. The van der Waals surface area contributed by atoms with E-state index in [1.807, 2.05) is 26.2 Å². The van der Waals surface area contributed by atoms with Crippen molar-refractivity contribution in [2.45, 2.75) is 58.0 Å². The standard InChI is InChI=1S/C26H37N5O2S.ClH/c1-26(2,3)19-12-10-18(11-13-19)24(33)31-25(34)30-21-16-14-20(15-17-21)29-23(32)9-7-6-8-22(27-4)28-5;/h10-17,22,27-28H,6-9H2,1-5H3,(H,29,32)(H2,30,31,33,34);1H. The van der Waals surface area contributed by atoms with Gasteiger partial charge in [0.15, 0.2) is 5.11 Å². The molecule has 9 heteroatoms. The first kappa shape index (κ1) is 30.5. The van der Waals surface area contributed by atoms with E-state index >= 15 is 0 Å². The highest BCUT2D eigenvalue weighted by Crippen LogP contribution is 2.22. The first-order chi connectivity index (χ1) is 16.1. The largest absolute Gasteiger partial charge is 0.332 e. The van der Waals surface area contributed by atoms with Crippen molar-refractivity contribution in [3.8, 4) is 0 Å². The number of amides is 2. The lowest BCUT2D eigenvalue weighted by Gasteiger charge is -2.19. The third-order valence-corrected chi connectivity index (χ3v) is 5.71. The normalized spacial score (nSPS) is 10.9. The lowest BCUT2D eigenvalue weighted by molar-refractivity contribution is -0.116. The van der Waals surface area contributed by atoms with Gasteiger partial charge in [-0.1, -0.05) is 39.3 Å². The molecule has 7 nitrogen and oxygen atoms in total. The SMILES string of the molecule is CNC(CCCCC(=O)Nc1ccc(NC(=S)NC(=O)c2ccc(C(C)(C)C)cc2)cc1)NC.Cl. The maximum absolute atomic E-state index is 12.5. The quantitative estimate of drug-likeness (QED) is 0.176. The van der Waals surface area contributed by atoms with Gasteiger partial charge in [0, 0.05) is 23.4 Å². The molecule has 0 saturated carbocycles. The smallest absolute Gasteiger partial charge is 0.257 e. The van der Waals surface area contributed by atoms with Gasteiger partial charge in [-0.15, -0.1) is 12.4 Å². The number of anilines is 2. The van der Waals surface area contributed by atoms with E-state index in [2.05, 4.69) is 47.4 Å². The zero-order valence-electron chi connectivity index (χ0n) is 21.2. The number of nitrogens with one attached hydrogen (secondary N) is 5. The molecule has 0 aliphatic carbocycles. The molecule has 0 radical (unpaired) electrons. The van der Waals surface area contributed by atoms with Crippen LogP contribution in [-0.2, 0) is 10.2 Å². The molecule has 0 heterocycles. The summed E-state index contributed by atoms with van der Waals surface area (Å²) in [7, 11) is 3.83. The zero-order chi connectivity index (χ0) is 25.1. The molecule has 0 bridgehead atoms. The molecular weight excluding hydrogens is 482 g/mol. The fraction of sp³-hybridized carbons (Fsp3) is 0.423. The van der Waals surface area contributed by atoms with Crippen LogP contribution in [0.15, 0.2) is 48.5 Å². The number of thiocarbonyl (C=S) groups is 1. The van der Waals surface area contributed by atoms with Gasteiger partial charge in [-0.25, -0.2) is 0 Å². The van der Waals surface area contributed by atoms with Gasteiger partial charge < -0.3 is 21.3 Å². The highest BCUT2D eigenvalue weighted by atomic mass is 35.5. The van der Waals surface area contributed by atoms with Crippen molar-refractivity contribution in [2.75, 3.05) is 24.7 Å². The number of unbranched alkanes of at least 4 members (excludes halogenated alkanes) is 1. The Balaban J connectivity index is 0.00000612. The van der Waals surface area contributed by atoms with E-state index < -0.39 is 0 Å². The molecule has 0 atom stereocenters. The molecule has 0 spiro atoms. The van der Waals surface area contributed by atoms with E-state index in [0.29, 0.717) is 17.7 Å². The van der Waals surface area contributed by atoms with Gasteiger partial charge in [0.1, 0.15) is 0 Å². The molecule has 0 saturated heterocycles. The van der Waals surface area contributed by atoms with Crippen molar-refractivity contribution < 1.29 is 9.59 Å². The molecular formula is C26H38ClN5O2S. The van der Waals surface area contributed by atoms with Gasteiger partial charge >= 0.3 is 0 Å².